The molecule has 0 atom stereocenters. The molecule has 0 aliphatic heterocycles. The van der Waals surface area contributed by atoms with Gasteiger partial charge in [-0.25, -0.2) is 0 Å². The van der Waals surface area contributed by atoms with Crippen LogP contribution in [0.15, 0.2) is 0 Å². The number of rotatable bonds is 3. The van der Waals surface area contributed by atoms with Crippen molar-refractivity contribution >= 4 is 5.97 Å². The fourth-order valence-corrected chi connectivity index (χ4v) is 1.78. The Bertz CT molecular complexity index is 170. The summed E-state index contributed by atoms with van der Waals surface area (Å²) < 4.78 is 9.65. The molecule has 0 heterocycles. The molecular formula is C8H15NO3. The van der Waals surface area contributed by atoms with E-state index in [0.29, 0.717) is 19.4 Å². The molecule has 70 valence electrons. The Morgan fingerprint density at radius 2 is 2.17 bits per heavy atom. The average molecular weight is 173 g/mol. The van der Waals surface area contributed by atoms with E-state index in [0.717, 1.165) is 0 Å². The molecule has 1 fully saturated rings. The number of methoxy groups -OCH3 is 2. The highest BCUT2D eigenvalue weighted by molar-refractivity contribution is 5.78. The van der Waals surface area contributed by atoms with Crippen molar-refractivity contribution in [2.45, 2.75) is 18.9 Å². The molecule has 4 nitrogen and oxygen atoms in total. The minimum Gasteiger partial charge on any atom is -0.469 e. The molecule has 0 aromatic rings. The molecule has 12 heavy (non-hydrogen) atoms. The van der Waals surface area contributed by atoms with Gasteiger partial charge in [0.05, 0.1) is 19.1 Å². The third-order valence-corrected chi connectivity index (χ3v) is 2.34. The van der Waals surface area contributed by atoms with E-state index < -0.39 is 5.41 Å². The fourth-order valence-electron chi connectivity index (χ4n) is 1.78. The molecule has 1 rings (SSSR count). The minimum atomic E-state index is -0.455. The lowest BCUT2D eigenvalue weighted by atomic mass is 9.66. The Hall–Kier alpha value is -0.610. The molecule has 0 aromatic carbocycles. The van der Waals surface area contributed by atoms with Gasteiger partial charge in [0.25, 0.3) is 0 Å². The summed E-state index contributed by atoms with van der Waals surface area (Å²) in [6, 6.07) is 0.124. The summed E-state index contributed by atoms with van der Waals surface area (Å²) in [6.45, 7) is 0.410. The quantitative estimate of drug-likeness (QED) is 0.606. The monoisotopic (exact) mass is 173 g/mol. The molecule has 0 radical (unpaired) electrons. The first-order chi connectivity index (χ1) is 5.64. The molecule has 2 N–H and O–H groups in total. The zero-order valence-electron chi connectivity index (χ0n) is 7.50. The van der Waals surface area contributed by atoms with E-state index in [4.69, 9.17) is 10.5 Å². The van der Waals surface area contributed by atoms with Crippen LogP contribution in [0, 0.1) is 5.41 Å². The summed E-state index contributed by atoms with van der Waals surface area (Å²) in [7, 11) is 2.97. The molecule has 1 aliphatic rings. The van der Waals surface area contributed by atoms with Gasteiger partial charge in [0, 0.05) is 13.2 Å². The molecule has 0 bridgehead atoms. The maximum absolute atomic E-state index is 11.3. The average Bonchev–Trinajstić information content (AvgIpc) is 2.00. The lowest BCUT2D eigenvalue weighted by Gasteiger charge is -2.42. The summed E-state index contributed by atoms with van der Waals surface area (Å²) in [6.07, 6.45) is 1.35. The van der Waals surface area contributed by atoms with E-state index in [9.17, 15) is 4.79 Å². The standard InChI is InChI=1S/C8H15NO3/c1-11-5-8(7(10)12-2)3-6(9)4-8/h6H,3-5,9H2,1-2H3. The van der Waals surface area contributed by atoms with Gasteiger partial charge < -0.3 is 15.2 Å². The Balaban J connectivity index is 2.56. The van der Waals surface area contributed by atoms with Crippen LogP contribution in [0.25, 0.3) is 0 Å². The Morgan fingerprint density at radius 3 is 2.50 bits per heavy atom. The predicted octanol–water partition coefficient (Wildman–Crippen LogP) is -0.0867. The molecule has 0 unspecified atom stereocenters. The Kier molecular flexibility index (Phi) is 2.69. The predicted molar refractivity (Wildman–Crippen MR) is 43.5 cm³/mol. The highest BCUT2D eigenvalue weighted by Crippen LogP contribution is 2.41. The van der Waals surface area contributed by atoms with E-state index in [-0.39, 0.29) is 12.0 Å². The summed E-state index contributed by atoms with van der Waals surface area (Å²) in [5.41, 5.74) is 5.16. The smallest absolute Gasteiger partial charge is 0.314 e. The SMILES string of the molecule is COCC1(C(=O)OC)CC(N)C1. The lowest BCUT2D eigenvalue weighted by Crippen LogP contribution is -2.53. The van der Waals surface area contributed by atoms with Crippen LogP contribution in [-0.4, -0.2) is 32.8 Å². The van der Waals surface area contributed by atoms with E-state index in [1.807, 2.05) is 0 Å². The normalized spacial score (nSPS) is 34.1. The molecule has 1 aliphatic carbocycles. The van der Waals surface area contributed by atoms with Gasteiger partial charge in [-0.3, -0.25) is 4.79 Å². The molecule has 1 saturated carbocycles. The first-order valence-electron chi connectivity index (χ1n) is 3.97. The summed E-state index contributed by atoms with van der Waals surface area (Å²) >= 11 is 0. The number of esters is 1. The third-order valence-electron chi connectivity index (χ3n) is 2.34. The molecule has 0 saturated heterocycles. The van der Waals surface area contributed by atoms with Crippen molar-refractivity contribution in [2.75, 3.05) is 20.8 Å². The maximum Gasteiger partial charge on any atom is 0.314 e. The second kappa shape index (κ2) is 3.41. The third kappa shape index (κ3) is 1.44. The van der Waals surface area contributed by atoms with E-state index >= 15 is 0 Å². The number of ether oxygens (including phenoxy) is 2. The zero-order valence-corrected chi connectivity index (χ0v) is 7.50. The summed E-state index contributed by atoms with van der Waals surface area (Å²) in [4.78, 5) is 11.3. The van der Waals surface area contributed by atoms with Gasteiger partial charge in [0.2, 0.25) is 0 Å². The summed E-state index contributed by atoms with van der Waals surface area (Å²) in [5, 5.41) is 0. The lowest BCUT2D eigenvalue weighted by molar-refractivity contribution is -0.164. The van der Waals surface area contributed by atoms with E-state index in [2.05, 4.69) is 4.74 Å². The maximum atomic E-state index is 11.3. The number of hydrogen-bond donors (Lipinski definition) is 1. The van der Waals surface area contributed by atoms with Gasteiger partial charge in [-0.15, -0.1) is 0 Å². The zero-order chi connectivity index (χ0) is 9.19. The van der Waals surface area contributed by atoms with Crippen molar-refractivity contribution < 1.29 is 14.3 Å². The minimum absolute atomic E-state index is 0.124. The van der Waals surface area contributed by atoms with Crippen molar-refractivity contribution in [2.24, 2.45) is 11.1 Å². The highest BCUT2D eigenvalue weighted by Gasteiger charge is 2.49. The van der Waals surface area contributed by atoms with Crippen LogP contribution in [0.5, 0.6) is 0 Å². The number of carbonyl (C=O) groups excluding carboxylic acids is 1. The Morgan fingerprint density at radius 1 is 1.58 bits per heavy atom. The van der Waals surface area contributed by atoms with Gasteiger partial charge in [-0.2, -0.15) is 0 Å². The van der Waals surface area contributed by atoms with Crippen LogP contribution in [0.4, 0.5) is 0 Å². The number of carbonyl (C=O) groups is 1. The van der Waals surface area contributed by atoms with Gasteiger partial charge in [0.15, 0.2) is 0 Å². The van der Waals surface area contributed by atoms with Crippen LogP contribution in [0.2, 0.25) is 0 Å². The van der Waals surface area contributed by atoms with Gasteiger partial charge >= 0.3 is 5.97 Å². The van der Waals surface area contributed by atoms with Crippen LogP contribution >= 0.6 is 0 Å². The molecular weight excluding hydrogens is 158 g/mol. The van der Waals surface area contributed by atoms with Gasteiger partial charge in [0.1, 0.15) is 0 Å². The molecule has 0 amide bonds. The van der Waals surface area contributed by atoms with Gasteiger partial charge in [-0.05, 0) is 12.8 Å². The fraction of sp³-hybridized carbons (Fsp3) is 0.875. The van der Waals surface area contributed by atoms with E-state index in [1.54, 1.807) is 7.11 Å². The van der Waals surface area contributed by atoms with Crippen LogP contribution in [0.3, 0.4) is 0 Å². The van der Waals surface area contributed by atoms with Crippen molar-refractivity contribution in [3.63, 3.8) is 0 Å². The topological polar surface area (TPSA) is 61.5 Å². The molecule has 0 aromatic heterocycles. The second-order valence-electron chi connectivity index (χ2n) is 3.37. The Labute approximate surface area is 72.0 Å². The first-order valence-corrected chi connectivity index (χ1v) is 3.97. The molecule has 4 heteroatoms. The first kappa shape index (κ1) is 9.48. The van der Waals surface area contributed by atoms with Crippen LogP contribution < -0.4 is 5.73 Å². The number of hydrogen-bond acceptors (Lipinski definition) is 4. The second-order valence-corrected chi connectivity index (χ2v) is 3.37. The van der Waals surface area contributed by atoms with Crippen LogP contribution in [-0.2, 0) is 14.3 Å². The van der Waals surface area contributed by atoms with Crippen molar-refractivity contribution in [1.29, 1.82) is 0 Å². The van der Waals surface area contributed by atoms with Crippen molar-refractivity contribution in [1.82, 2.24) is 0 Å². The highest BCUT2D eigenvalue weighted by atomic mass is 16.5. The summed E-state index contributed by atoms with van der Waals surface area (Å²) in [5.74, 6) is -0.203. The van der Waals surface area contributed by atoms with Crippen LogP contribution in [0.1, 0.15) is 12.8 Å². The van der Waals surface area contributed by atoms with E-state index in [1.165, 1.54) is 7.11 Å². The largest absolute Gasteiger partial charge is 0.469 e. The molecule has 0 spiro atoms. The number of nitrogens with two attached hydrogens (primary N) is 1. The van der Waals surface area contributed by atoms with Gasteiger partial charge in [-0.1, -0.05) is 0 Å². The van der Waals surface area contributed by atoms with Crippen molar-refractivity contribution in [3.8, 4) is 0 Å². The van der Waals surface area contributed by atoms with Crippen molar-refractivity contribution in [3.05, 3.63) is 0 Å².